The molecule has 0 saturated carbocycles. The molecule has 176 valence electrons. The summed E-state index contributed by atoms with van der Waals surface area (Å²) < 4.78 is 27.3. The van der Waals surface area contributed by atoms with Gasteiger partial charge in [-0.05, 0) is 13.8 Å². The molecule has 0 bridgehead atoms. The Morgan fingerprint density at radius 3 is 1.97 bits per heavy atom. The van der Waals surface area contributed by atoms with E-state index in [0.717, 1.165) is 18.7 Å². The second-order valence-electron chi connectivity index (χ2n) is 7.34. The standard InChI is InChI=1S/C21H27NO10/c1-7-8-28-21-16(22-19(26)10(2)11(3)20(22)27)18(31-14(6)25)17(30-13(5)24)15(32-21)9-29-12(4)23/h7,15-18,21H,1,8-9H2,2-6H3/t15-,16-,17-,18-,21-/m1/s1. The lowest BCUT2D eigenvalue weighted by molar-refractivity contribution is -0.286. The van der Waals surface area contributed by atoms with Crippen LogP contribution in [-0.4, -0.2) is 78.5 Å². The average molecular weight is 453 g/mol. The van der Waals surface area contributed by atoms with Gasteiger partial charge < -0.3 is 23.7 Å². The monoisotopic (exact) mass is 453 g/mol. The minimum absolute atomic E-state index is 0.0336. The van der Waals surface area contributed by atoms with Crippen LogP contribution in [0.4, 0.5) is 0 Å². The molecule has 0 N–H and O–H groups in total. The molecular formula is C21H27NO10. The highest BCUT2D eigenvalue weighted by Gasteiger charge is 2.56. The van der Waals surface area contributed by atoms with Gasteiger partial charge >= 0.3 is 17.9 Å². The summed E-state index contributed by atoms with van der Waals surface area (Å²) in [7, 11) is 0. The fraction of sp³-hybridized carbons (Fsp3) is 0.571. The number of esters is 3. The molecule has 2 heterocycles. The van der Waals surface area contributed by atoms with Crippen molar-refractivity contribution in [3.05, 3.63) is 23.8 Å². The van der Waals surface area contributed by atoms with Crippen molar-refractivity contribution in [3.8, 4) is 0 Å². The maximum Gasteiger partial charge on any atom is 0.303 e. The van der Waals surface area contributed by atoms with Crippen LogP contribution >= 0.6 is 0 Å². The molecule has 1 saturated heterocycles. The van der Waals surface area contributed by atoms with Gasteiger partial charge in [0, 0.05) is 31.9 Å². The lowest BCUT2D eigenvalue weighted by Crippen LogP contribution is -2.67. The molecule has 32 heavy (non-hydrogen) atoms. The Labute approximate surface area is 185 Å². The lowest BCUT2D eigenvalue weighted by atomic mass is 9.94. The molecule has 0 aromatic heterocycles. The highest BCUT2D eigenvalue weighted by molar-refractivity contribution is 6.19. The van der Waals surface area contributed by atoms with Crippen molar-refractivity contribution >= 4 is 29.7 Å². The molecule has 1 fully saturated rings. The molecule has 0 unspecified atom stereocenters. The fourth-order valence-corrected chi connectivity index (χ4v) is 3.50. The van der Waals surface area contributed by atoms with Crippen molar-refractivity contribution in [1.82, 2.24) is 4.90 Å². The Kier molecular flexibility index (Phi) is 8.28. The second kappa shape index (κ2) is 10.5. The minimum atomic E-state index is -1.35. The van der Waals surface area contributed by atoms with Crippen molar-refractivity contribution < 1.29 is 47.7 Å². The van der Waals surface area contributed by atoms with Crippen LogP contribution in [0, 0.1) is 0 Å². The Hall–Kier alpha value is -3.05. The van der Waals surface area contributed by atoms with Gasteiger partial charge in [-0.1, -0.05) is 6.08 Å². The molecule has 11 heteroatoms. The summed E-state index contributed by atoms with van der Waals surface area (Å²) in [6, 6.07) is -1.29. The zero-order valence-electron chi connectivity index (χ0n) is 18.6. The predicted molar refractivity (Wildman–Crippen MR) is 107 cm³/mol. The number of imide groups is 1. The third-order valence-electron chi connectivity index (χ3n) is 4.99. The van der Waals surface area contributed by atoms with Gasteiger partial charge in [-0.25, -0.2) is 0 Å². The van der Waals surface area contributed by atoms with Crippen molar-refractivity contribution in [2.24, 2.45) is 0 Å². The topological polar surface area (TPSA) is 135 Å². The van der Waals surface area contributed by atoms with Crippen LogP contribution in [0.1, 0.15) is 34.6 Å². The van der Waals surface area contributed by atoms with Gasteiger partial charge in [0.2, 0.25) is 0 Å². The summed E-state index contributed by atoms with van der Waals surface area (Å²) in [5.41, 5.74) is 0.426. The summed E-state index contributed by atoms with van der Waals surface area (Å²) in [5.74, 6) is -3.35. The van der Waals surface area contributed by atoms with E-state index in [2.05, 4.69) is 6.58 Å². The first kappa shape index (κ1) is 25.2. The van der Waals surface area contributed by atoms with E-state index in [1.807, 2.05) is 0 Å². The van der Waals surface area contributed by atoms with E-state index in [9.17, 15) is 24.0 Å². The molecule has 2 amide bonds. The SMILES string of the molecule is C=CCO[C@@H]1O[C@H](COC(C)=O)[C@@H](OC(C)=O)[C@H](OC(C)=O)[C@H]1N1C(=O)C(C)=C(C)C1=O. The zero-order chi connectivity index (χ0) is 24.2. The number of carbonyl (C=O) groups excluding carboxylic acids is 5. The van der Waals surface area contributed by atoms with Crippen LogP contribution in [0.15, 0.2) is 23.8 Å². The first-order chi connectivity index (χ1) is 15.0. The molecule has 0 aromatic rings. The summed E-state index contributed by atoms with van der Waals surface area (Å²) >= 11 is 0. The van der Waals surface area contributed by atoms with Crippen molar-refractivity contribution in [1.29, 1.82) is 0 Å². The Bertz CT molecular complexity index is 824. The molecule has 0 radical (unpaired) electrons. The lowest BCUT2D eigenvalue weighted by Gasteiger charge is -2.47. The number of amides is 2. The third kappa shape index (κ3) is 5.40. The van der Waals surface area contributed by atoms with E-state index in [-0.39, 0.29) is 24.4 Å². The largest absolute Gasteiger partial charge is 0.463 e. The first-order valence-corrected chi connectivity index (χ1v) is 9.90. The molecule has 0 aliphatic carbocycles. The normalized spacial score (nSPS) is 27.9. The maximum atomic E-state index is 12.9. The van der Waals surface area contributed by atoms with Gasteiger partial charge in [-0.2, -0.15) is 0 Å². The van der Waals surface area contributed by atoms with Gasteiger partial charge in [0.1, 0.15) is 18.8 Å². The van der Waals surface area contributed by atoms with E-state index in [0.29, 0.717) is 0 Å². The van der Waals surface area contributed by atoms with E-state index in [4.69, 9.17) is 23.7 Å². The Balaban J connectivity index is 2.56. The molecule has 2 aliphatic heterocycles. The molecule has 11 nitrogen and oxygen atoms in total. The predicted octanol–water partition coefficient (Wildman–Crippen LogP) is 0.414. The highest BCUT2D eigenvalue weighted by Crippen LogP contribution is 2.34. The van der Waals surface area contributed by atoms with Crippen LogP contribution in [0.2, 0.25) is 0 Å². The van der Waals surface area contributed by atoms with Crippen molar-refractivity contribution in [3.63, 3.8) is 0 Å². The van der Waals surface area contributed by atoms with Gasteiger partial charge in [-0.15, -0.1) is 6.58 Å². The van der Waals surface area contributed by atoms with Crippen LogP contribution in [-0.2, 0) is 47.7 Å². The average Bonchev–Trinajstić information content (AvgIpc) is 2.89. The van der Waals surface area contributed by atoms with Crippen LogP contribution in [0.25, 0.3) is 0 Å². The number of rotatable bonds is 8. The summed E-state index contributed by atoms with van der Waals surface area (Å²) in [6.45, 7) is 9.59. The first-order valence-electron chi connectivity index (χ1n) is 9.90. The fourth-order valence-electron chi connectivity index (χ4n) is 3.50. The minimum Gasteiger partial charge on any atom is -0.463 e. The summed E-state index contributed by atoms with van der Waals surface area (Å²) in [4.78, 5) is 61.8. The van der Waals surface area contributed by atoms with Crippen LogP contribution < -0.4 is 0 Å². The van der Waals surface area contributed by atoms with E-state index < -0.39 is 60.4 Å². The summed E-state index contributed by atoms with van der Waals surface area (Å²) in [5, 5.41) is 0. The maximum absolute atomic E-state index is 12.9. The molecule has 5 atom stereocenters. The van der Waals surface area contributed by atoms with E-state index >= 15 is 0 Å². The van der Waals surface area contributed by atoms with Crippen molar-refractivity contribution in [2.75, 3.05) is 13.2 Å². The third-order valence-corrected chi connectivity index (χ3v) is 4.99. The Morgan fingerprint density at radius 1 is 0.969 bits per heavy atom. The van der Waals surface area contributed by atoms with Crippen LogP contribution in [0.3, 0.4) is 0 Å². The molecule has 0 aromatic carbocycles. The number of carbonyl (C=O) groups is 5. The number of hydrogen-bond acceptors (Lipinski definition) is 10. The van der Waals surface area contributed by atoms with Gasteiger partial charge in [-0.3, -0.25) is 28.9 Å². The Morgan fingerprint density at radius 2 is 1.50 bits per heavy atom. The van der Waals surface area contributed by atoms with Crippen LogP contribution in [0.5, 0.6) is 0 Å². The molecule has 0 spiro atoms. The van der Waals surface area contributed by atoms with Crippen molar-refractivity contribution in [2.45, 2.75) is 65.3 Å². The van der Waals surface area contributed by atoms with Gasteiger partial charge in [0.05, 0.1) is 6.61 Å². The number of nitrogens with zero attached hydrogens (tertiary/aromatic N) is 1. The number of ether oxygens (including phenoxy) is 5. The second-order valence-corrected chi connectivity index (χ2v) is 7.34. The molecular weight excluding hydrogens is 426 g/mol. The molecule has 2 aliphatic rings. The quantitative estimate of drug-likeness (QED) is 0.220. The van der Waals surface area contributed by atoms with Gasteiger partial charge in [0.15, 0.2) is 18.5 Å². The summed E-state index contributed by atoms with van der Waals surface area (Å²) in [6.07, 6.45) is -3.64. The highest BCUT2D eigenvalue weighted by atomic mass is 16.7. The smallest absolute Gasteiger partial charge is 0.303 e. The molecule has 2 rings (SSSR count). The zero-order valence-corrected chi connectivity index (χ0v) is 18.6. The van der Waals surface area contributed by atoms with E-state index in [1.54, 1.807) is 0 Å². The number of hydrogen-bond donors (Lipinski definition) is 0. The van der Waals surface area contributed by atoms with Gasteiger partial charge in [0.25, 0.3) is 11.8 Å². The van der Waals surface area contributed by atoms with E-state index in [1.165, 1.54) is 26.8 Å².